The number of nitrogens with zero attached hydrogens (tertiary/aromatic N) is 2. The number of carbonyl (C=O) groups is 2. The number of benzene rings is 1. The number of esters is 1. The van der Waals surface area contributed by atoms with Crippen LogP contribution in [0.2, 0.25) is 0 Å². The van der Waals surface area contributed by atoms with Gasteiger partial charge in [0, 0.05) is 25.3 Å². The van der Waals surface area contributed by atoms with Gasteiger partial charge in [0.15, 0.2) is 5.60 Å². The molecule has 1 heterocycles. The highest BCUT2D eigenvalue weighted by Gasteiger charge is 2.48. The zero-order valence-corrected chi connectivity index (χ0v) is 12.7. The zero-order valence-electron chi connectivity index (χ0n) is 12.7. The summed E-state index contributed by atoms with van der Waals surface area (Å²) in [4.78, 5) is 36.0. The molecule has 0 radical (unpaired) electrons. The molecule has 22 heavy (non-hydrogen) atoms. The molecule has 0 saturated carbocycles. The van der Waals surface area contributed by atoms with Crippen LogP contribution in [0.25, 0.3) is 0 Å². The van der Waals surface area contributed by atoms with Gasteiger partial charge >= 0.3 is 5.97 Å². The van der Waals surface area contributed by atoms with Crippen molar-refractivity contribution < 1.29 is 24.0 Å². The van der Waals surface area contributed by atoms with E-state index in [2.05, 4.69) is 4.74 Å². The number of nitro groups is 1. The molecule has 0 N–H and O–H groups in total. The van der Waals surface area contributed by atoms with Crippen LogP contribution in [0.15, 0.2) is 12.1 Å². The van der Waals surface area contributed by atoms with Crippen molar-refractivity contribution in [1.29, 1.82) is 0 Å². The zero-order chi connectivity index (χ0) is 16.7. The van der Waals surface area contributed by atoms with Crippen LogP contribution >= 0.6 is 0 Å². The predicted molar refractivity (Wildman–Crippen MR) is 76.8 cm³/mol. The van der Waals surface area contributed by atoms with Crippen molar-refractivity contribution in [2.24, 2.45) is 0 Å². The molecule has 1 aromatic rings. The Kier molecular flexibility index (Phi) is 3.89. The number of rotatable bonds is 4. The number of nitro benzene ring substituents is 1. The Morgan fingerprint density at radius 1 is 1.45 bits per heavy atom. The predicted octanol–water partition coefficient (Wildman–Crippen LogP) is 1.61. The number of likely N-dealkylation sites (N-methyl/N-ethyl adjacent to an activating group) is 1. The van der Waals surface area contributed by atoms with E-state index in [0.717, 1.165) is 7.11 Å². The lowest BCUT2D eigenvalue weighted by atomic mass is 9.95. The molecule has 0 aromatic heterocycles. The van der Waals surface area contributed by atoms with Crippen LogP contribution in [0.5, 0.6) is 0 Å². The number of fused-ring (bicyclic) bond motifs is 1. The van der Waals surface area contributed by atoms with Gasteiger partial charge in [0.05, 0.1) is 17.7 Å². The monoisotopic (exact) mass is 308 g/mol. The lowest BCUT2D eigenvalue weighted by molar-refractivity contribution is -0.385. The van der Waals surface area contributed by atoms with Gasteiger partial charge in [0.25, 0.3) is 11.6 Å². The average Bonchev–Trinajstić information content (AvgIpc) is 2.67. The number of methoxy groups -OCH3 is 1. The molecule has 0 saturated heterocycles. The Balaban J connectivity index is 2.74. The lowest BCUT2D eigenvalue weighted by Crippen LogP contribution is -2.38. The second-order valence-electron chi connectivity index (χ2n) is 4.97. The first-order valence-electron chi connectivity index (χ1n) is 6.61. The minimum absolute atomic E-state index is 0.202. The van der Waals surface area contributed by atoms with Gasteiger partial charge in [-0.25, -0.2) is 4.79 Å². The molecular formula is C14H16N2O6. The van der Waals surface area contributed by atoms with Crippen LogP contribution in [-0.2, 0) is 19.9 Å². The van der Waals surface area contributed by atoms with Crippen LogP contribution in [0.4, 0.5) is 11.4 Å². The Hall–Kier alpha value is -2.48. The first-order chi connectivity index (χ1) is 10.3. The van der Waals surface area contributed by atoms with Gasteiger partial charge in [0.2, 0.25) is 0 Å². The van der Waals surface area contributed by atoms with Crippen molar-refractivity contribution in [3.05, 3.63) is 33.4 Å². The molecule has 1 aromatic carbocycles. The molecule has 8 nitrogen and oxygen atoms in total. The Labute approximate surface area is 126 Å². The van der Waals surface area contributed by atoms with Crippen molar-refractivity contribution in [3.8, 4) is 0 Å². The second kappa shape index (κ2) is 5.38. The van der Waals surface area contributed by atoms with E-state index in [0.29, 0.717) is 11.3 Å². The third-order valence-electron chi connectivity index (χ3n) is 3.74. The molecule has 1 aliphatic rings. The van der Waals surface area contributed by atoms with E-state index in [1.165, 1.54) is 24.1 Å². The molecule has 1 amide bonds. The molecule has 1 atom stereocenters. The van der Waals surface area contributed by atoms with Crippen LogP contribution < -0.4 is 4.90 Å². The molecule has 2 rings (SSSR count). The fourth-order valence-electron chi connectivity index (χ4n) is 2.63. The standard InChI is InChI=1S/C14H16N2O6/c1-5-22-14(2)9-7-10(16(19)20)8(12(17)21-4)6-11(9)15(3)13(14)18/h6-7H,5H2,1-4H3. The van der Waals surface area contributed by atoms with Gasteiger partial charge < -0.3 is 14.4 Å². The fourth-order valence-corrected chi connectivity index (χ4v) is 2.63. The van der Waals surface area contributed by atoms with Gasteiger partial charge in [-0.05, 0) is 19.9 Å². The summed E-state index contributed by atoms with van der Waals surface area (Å²) in [5.41, 5.74) is -1.17. The van der Waals surface area contributed by atoms with Crippen LogP contribution in [-0.4, -0.2) is 37.6 Å². The largest absolute Gasteiger partial charge is 0.465 e. The third kappa shape index (κ3) is 2.12. The van der Waals surface area contributed by atoms with Crippen molar-refractivity contribution in [1.82, 2.24) is 0 Å². The number of hydrogen-bond acceptors (Lipinski definition) is 6. The number of anilines is 1. The second-order valence-corrected chi connectivity index (χ2v) is 4.97. The SMILES string of the molecule is CCOC1(C)C(=O)N(C)c2cc(C(=O)OC)c([N+](=O)[O-])cc21. The summed E-state index contributed by atoms with van der Waals surface area (Å²) in [7, 11) is 2.66. The van der Waals surface area contributed by atoms with E-state index in [-0.39, 0.29) is 18.1 Å². The van der Waals surface area contributed by atoms with E-state index < -0.39 is 22.2 Å². The highest BCUT2D eigenvalue weighted by molar-refractivity contribution is 6.08. The van der Waals surface area contributed by atoms with Crippen molar-refractivity contribution in [2.45, 2.75) is 19.4 Å². The molecule has 1 aliphatic heterocycles. The summed E-state index contributed by atoms with van der Waals surface area (Å²) in [5.74, 6) is -1.18. The van der Waals surface area contributed by atoms with Crippen LogP contribution in [0.3, 0.4) is 0 Å². The molecule has 0 bridgehead atoms. The average molecular weight is 308 g/mol. The van der Waals surface area contributed by atoms with Gasteiger partial charge in [-0.15, -0.1) is 0 Å². The van der Waals surface area contributed by atoms with Gasteiger partial charge in [-0.3, -0.25) is 14.9 Å². The first kappa shape index (κ1) is 15.9. The van der Waals surface area contributed by atoms with Gasteiger partial charge in [0.1, 0.15) is 5.56 Å². The van der Waals surface area contributed by atoms with E-state index in [4.69, 9.17) is 4.74 Å². The maximum Gasteiger partial charge on any atom is 0.344 e. The van der Waals surface area contributed by atoms with Crippen molar-refractivity contribution in [2.75, 3.05) is 25.7 Å². The van der Waals surface area contributed by atoms with E-state index in [1.807, 2.05) is 0 Å². The number of amides is 1. The number of carbonyl (C=O) groups excluding carboxylic acids is 2. The highest BCUT2D eigenvalue weighted by Crippen LogP contribution is 2.44. The number of hydrogen-bond donors (Lipinski definition) is 0. The first-order valence-corrected chi connectivity index (χ1v) is 6.61. The number of ether oxygens (including phenoxy) is 2. The lowest BCUT2D eigenvalue weighted by Gasteiger charge is -2.22. The Morgan fingerprint density at radius 2 is 2.09 bits per heavy atom. The van der Waals surface area contributed by atoms with E-state index in [1.54, 1.807) is 13.8 Å². The van der Waals surface area contributed by atoms with Crippen molar-refractivity contribution >= 4 is 23.3 Å². The quantitative estimate of drug-likeness (QED) is 0.476. The Morgan fingerprint density at radius 3 is 2.59 bits per heavy atom. The molecule has 118 valence electrons. The summed E-state index contributed by atoms with van der Waals surface area (Å²) in [5, 5.41) is 11.2. The minimum Gasteiger partial charge on any atom is -0.465 e. The highest BCUT2D eigenvalue weighted by atomic mass is 16.6. The summed E-state index contributed by atoms with van der Waals surface area (Å²) < 4.78 is 10.1. The summed E-state index contributed by atoms with van der Waals surface area (Å²) >= 11 is 0. The van der Waals surface area contributed by atoms with E-state index in [9.17, 15) is 19.7 Å². The van der Waals surface area contributed by atoms with Crippen LogP contribution in [0.1, 0.15) is 29.8 Å². The third-order valence-corrected chi connectivity index (χ3v) is 3.74. The van der Waals surface area contributed by atoms with Crippen LogP contribution in [0, 0.1) is 10.1 Å². The molecule has 8 heteroatoms. The maximum absolute atomic E-state index is 12.4. The molecule has 0 aliphatic carbocycles. The van der Waals surface area contributed by atoms with Crippen molar-refractivity contribution in [3.63, 3.8) is 0 Å². The molecule has 0 fully saturated rings. The molecule has 1 unspecified atom stereocenters. The summed E-state index contributed by atoms with van der Waals surface area (Å²) in [6.45, 7) is 3.55. The molecular weight excluding hydrogens is 292 g/mol. The van der Waals surface area contributed by atoms with Gasteiger partial charge in [-0.1, -0.05) is 0 Å². The smallest absolute Gasteiger partial charge is 0.344 e. The normalized spacial score (nSPS) is 20.0. The fraction of sp³-hybridized carbons (Fsp3) is 0.429. The maximum atomic E-state index is 12.4. The summed E-state index contributed by atoms with van der Waals surface area (Å²) in [6.07, 6.45) is 0. The topological polar surface area (TPSA) is 99.0 Å². The Bertz CT molecular complexity index is 672. The van der Waals surface area contributed by atoms with Gasteiger partial charge in [-0.2, -0.15) is 0 Å². The van der Waals surface area contributed by atoms with E-state index >= 15 is 0 Å². The molecule has 0 spiro atoms. The summed E-state index contributed by atoms with van der Waals surface area (Å²) in [6, 6.07) is 2.50. The minimum atomic E-state index is -1.31.